The van der Waals surface area contributed by atoms with Gasteiger partial charge in [-0.05, 0) is 55.3 Å². The number of halogens is 2. The molecule has 0 saturated carbocycles. The molecular formula is C19H19F2N5. The summed E-state index contributed by atoms with van der Waals surface area (Å²) in [6.07, 6.45) is 3.78. The van der Waals surface area contributed by atoms with Gasteiger partial charge in [-0.25, -0.2) is 13.8 Å². The standard InChI is InChI=1S/C19H19F2N5/c20-11-5-6-14(21)12(9-11)13-10-25-8-2-3-15(25)17(13)18-19(22)26-16(24-18)4-1-7-23-26/h1,4-7,9,13,15,17H,2-3,8,10,22H2. The number of nitrogens with zero attached hydrogens (tertiary/aromatic N) is 4. The van der Waals surface area contributed by atoms with Crippen molar-refractivity contribution in [3.05, 3.63) is 59.4 Å². The van der Waals surface area contributed by atoms with Crippen molar-refractivity contribution in [2.24, 2.45) is 0 Å². The van der Waals surface area contributed by atoms with Crippen molar-refractivity contribution >= 4 is 11.5 Å². The topological polar surface area (TPSA) is 59.5 Å². The minimum atomic E-state index is -0.420. The van der Waals surface area contributed by atoms with E-state index >= 15 is 0 Å². The number of benzene rings is 1. The predicted octanol–water partition coefficient (Wildman–Crippen LogP) is 2.94. The first kappa shape index (κ1) is 15.7. The normalized spacial score (nSPS) is 25.8. The van der Waals surface area contributed by atoms with Gasteiger partial charge in [-0.3, -0.25) is 4.90 Å². The van der Waals surface area contributed by atoms with Crippen molar-refractivity contribution in [1.29, 1.82) is 0 Å². The lowest BCUT2D eigenvalue weighted by Gasteiger charge is -2.23. The SMILES string of the molecule is Nc1c(C2C(c3cc(F)ccc3F)CN3CCCC23)nc2cccnn12. The molecule has 3 atom stereocenters. The molecule has 2 N–H and O–H groups in total. The number of hydrogen-bond donors (Lipinski definition) is 1. The zero-order chi connectivity index (χ0) is 17.8. The molecule has 5 nitrogen and oxygen atoms in total. The smallest absolute Gasteiger partial charge is 0.156 e. The number of aromatic nitrogens is 3. The molecule has 2 fully saturated rings. The number of nitrogen functional groups attached to an aromatic ring is 1. The van der Waals surface area contributed by atoms with Crippen LogP contribution in [0, 0.1) is 11.6 Å². The highest BCUT2D eigenvalue weighted by Crippen LogP contribution is 2.49. The Labute approximate surface area is 149 Å². The molecule has 4 heterocycles. The summed E-state index contributed by atoms with van der Waals surface area (Å²) in [5, 5.41) is 4.27. The average Bonchev–Trinajstić information content (AvgIpc) is 3.31. The lowest BCUT2D eigenvalue weighted by molar-refractivity contribution is 0.312. The molecule has 2 aromatic heterocycles. The Morgan fingerprint density at radius 3 is 2.92 bits per heavy atom. The van der Waals surface area contributed by atoms with Crippen LogP contribution in [0.2, 0.25) is 0 Å². The van der Waals surface area contributed by atoms with Gasteiger partial charge in [0.05, 0.1) is 5.69 Å². The van der Waals surface area contributed by atoms with E-state index in [1.807, 2.05) is 12.1 Å². The van der Waals surface area contributed by atoms with E-state index in [0.29, 0.717) is 23.6 Å². The van der Waals surface area contributed by atoms with Crippen LogP contribution in [-0.2, 0) is 0 Å². The molecule has 0 bridgehead atoms. The van der Waals surface area contributed by atoms with E-state index in [2.05, 4.69) is 10.00 Å². The Hall–Kier alpha value is -2.54. The molecule has 3 unspecified atom stereocenters. The maximum absolute atomic E-state index is 14.5. The second-order valence-corrected chi connectivity index (χ2v) is 7.18. The lowest BCUT2D eigenvalue weighted by Crippen LogP contribution is -2.25. The van der Waals surface area contributed by atoms with Gasteiger partial charge in [-0.15, -0.1) is 0 Å². The van der Waals surface area contributed by atoms with Crippen molar-refractivity contribution < 1.29 is 8.78 Å². The van der Waals surface area contributed by atoms with Gasteiger partial charge < -0.3 is 5.73 Å². The summed E-state index contributed by atoms with van der Waals surface area (Å²) in [5.74, 6) is -0.556. The van der Waals surface area contributed by atoms with Gasteiger partial charge in [-0.2, -0.15) is 9.61 Å². The van der Waals surface area contributed by atoms with E-state index in [9.17, 15) is 8.78 Å². The number of fused-ring (bicyclic) bond motifs is 2. The maximum atomic E-state index is 14.5. The monoisotopic (exact) mass is 355 g/mol. The van der Waals surface area contributed by atoms with Gasteiger partial charge in [0.2, 0.25) is 0 Å². The second kappa shape index (κ2) is 5.74. The second-order valence-electron chi connectivity index (χ2n) is 7.18. The van der Waals surface area contributed by atoms with Gasteiger partial charge in [0.1, 0.15) is 17.5 Å². The van der Waals surface area contributed by atoms with E-state index < -0.39 is 5.82 Å². The van der Waals surface area contributed by atoms with Crippen LogP contribution in [0.1, 0.15) is 35.9 Å². The minimum absolute atomic E-state index is 0.0736. The van der Waals surface area contributed by atoms with E-state index in [4.69, 9.17) is 10.7 Å². The molecule has 5 rings (SSSR count). The molecule has 2 saturated heterocycles. The fraction of sp³-hybridized carbons (Fsp3) is 0.368. The van der Waals surface area contributed by atoms with Crippen LogP contribution in [0.25, 0.3) is 5.65 Å². The molecule has 0 radical (unpaired) electrons. The molecular weight excluding hydrogens is 336 g/mol. The van der Waals surface area contributed by atoms with Crippen molar-refractivity contribution in [1.82, 2.24) is 19.5 Å². The molecule has 2 aliphatic heterocycles. The summed E-state index contributed by atoms with van der Waals surface area (Å²) in [6.45, 7) is 1.66. The Bertz CT molecular complexity index is 985. The summed E-state index contributed by atoms with van der Waals surface area (Å²) < 4.78 is 30.0. The highest BCUT2D eigenvalue weighted by molar-refractivity contribution is 5.54. The first-order chi connectivity index (χ1) is 12.6. The number of nitrogens with two attached hydrogens (primary N) is 1. The molecule has 2 aliphatic rings. The van der Waals surface area contributed by atoms with E-state index in [1.54, 1.807) is 10.7 Å². The summed E-state index contributed by atoms with van der Waals surface area (Å²) in [7, 11) is 0. The van der Waals surface area contributed by atoms with Crippen molar-refractivity contribution in [3.8, 4) is 0 Å². The Morgan fingerprint density at radius 1 is 1.19 bits per heavy atom. The number of rotatable bonds is 2. The van der Waals surface area contributed by atoms with Crippen molar-refractivity contribution in [3.63, 3.8) is 0 Å². The summed E-state index contributed by atoms with van der Waals surface area (Å²) >= 11 is 0. The zero-order valence-corrected chi connectivity index (χ0v) is 14.1. The van der Waals surface area contributed by atoms with Crippen molar-refractivity contribution in [2.45, 2.75) is 30.7 Å². The minimum Gasteiger partial charge on any atom is -0.382 e. The van der Waals surface area contributed by atoms with Gasteiger partial charge in [0, 0.05) is 30.6 Å². The van der Waals surface area contributed by atoms with E-state index in [-0.39, 0.29) is 23.7 Å². The van der Waals surface area contributed by atoms with Gasteiger partial charge in [-0.1, -0.05) is 0 Å². The third kappa shape index (κ3) is 2.23. The molecule has 7 heteroatoms. The van der Waals surface area contributed by atoms with Crippen LogP contribution < -0.4 is 5.73 Å². The Balaban J connectivity index is 1.67. The number of imidazole rings is 1. The van der Waals surface area contributed by atoms with Crippen LogP contribution >= 0.6 is 0 Å². The molecule has 26 heavy (non-hydrogen) atoms. The highest BCUT2D eigenvalue weighted by atomic mass is 19.1. The van der Waals surface area contributed by atoms with Crippen LogP contribution in [0.5, 0.6) is 0 Å². The summed E-state index contributed by atoms with van der Waals surface area (Å²) in [5.41, 5.74) is 8.19. The largest absolute Gasteiger partial charge is 0.382 e. The lowest BCUT2D eigenvalue weighted by atomic mass is 9.81. The van der Waals surface area contributed by atoms with E-state index in [0.717, 1.165) is 31.1 Å². The van der Waals surface area contributed by atoms with E-state index in [1.165, 1.54) is 12.1 Å². The third-order valence-corrected chi connectivity index (χ3v) is 5.82. The zero-order valence-electron chi connectivity index (χ0n) is 14.1. The number of hydrogen-bond acceptors (Lipinski definition) is 4. The van der Waals surface area contributed by atoms with Gasteiger partial charge in [0.25, 0.3) is 0 Å². The quantitative estimate of drug-likeness (QED) is 0.768. The summed E-state index contributed by atoms with van der Waals surface area (Å²) in [6, 6.07) is 7.60. The highest BCUT2D eigenvalue weighted by Gasteiger charge is 2.48. The predicted molar refractivity (Wildman–Crippen MR) is 93.8 cm³/mol. The van der Waals surface area contributed by atoms with Crippen LogP contribution in [0.4, 0.5) is 14.6 Å². The third-order valence-electron chi connectivity index (χ3n) is 5.82. The summed E-state index contributed by atoms with van der Waals surface area (Å²) in [4.78, 5) is 7.07. The Morgan fingerprint density at radius 2 is 2.08 bits per heavy atom. The molecule has 0 amide bonds. The fourth-order valence-electron chi connectivity index (χ4n) is 4.75. The molecule has 0 aliphatic carbocycles. The first-order valence-corrected chi connectivity index (χ1v) is 8.91. The fourth-order valence-corrected chi connectivity index (χ4v) is 4.75. The van der Waals surface area contributed by atoms with Gasteiger partial charge in [0.15, 0.2) is 5.65 Å². The molecule has 134 valence electrons. The average molecular weight is 355 g/mol. The molecule has 3 aromatic rings. The molecule has 1 aromatic carbocycles. The van der Waals surface area contributed by atoms with Gasteiger partial charge >= 0.3 is 0 Å². The maximum Gasteiger partial charge on any atom is 0.156 e. The first-order valence-electron chi connectivity index (χ1n) is 8.91. The number of anilines is 1. The molecule has 0 spiro atoms. The Kier molecular flexibility index (Phi) is 3.46. The van der Waals surface area contributed by atoms with Crippen LogP contribution in [0.15, 0.2) is 36.5 Å². The van der Waals surface area contributed by atoms with Crippen LogP contribution in [0.3, 0.4) is 0 Å². The van der Waals surface area contributed by atoms with Crippen molar-refractivity contribution in [2.75, 3.05) is 18.8 Å². The van der Waals surface area contributed by atoms with Crippen LogP contribution in [-0.4, -0.2) is 38.6 Å².